The van der Waals surface area contributed by atoms with Crippen molar-refractivity contribution in [1.29, 1.82) is 5.26 Å². The molecule has 1 atom stereocenters. The topological polar surface area (TPSA) is 111 Å². The SMILES string of the molecule is C[C@@H]([NH2+]CC(=O)N1CCN(S(=O)(=O)c2ccccc2C#N)CC1)c1ccco1. The highest BCUT2D eigenvalue weighted by Crippen LogP contribution is 2.21. The van der Waals surface area contributed by atoms with E-state index in [-0.39, 0.29) is 42.0 Å². The lowest BCUT2D eigenvalue weighted by molar-refractivity contribution is -0.685. The Morgan fingerprint density at radius 1 is 1.21 bits per heavy atom. The second-order valence-corrected chi connectivity index (χ2v) is 8.54. The van der Waals surface area contributed by atoms with Crippen LogP contribution in [0.1, 0.15) is 24.3 Å². The molecule has 0 unspecified atom stereocenters. The Bertz CT molecular complexity index is 958. The van der Waals surface area contributed by atoms with Gasteiger partial charge in [0.2, 0.25) is 10.0 Å². The van der Waals surface area contributed by atoms with Crippen LogP contribution < -0.4 is 5.32 Å². The van der Waals surface area contributed by atoms with Gasteiger partial charge in [0, 0.05) is 26.2 Å². The second-order valence-electron chi connectivity index (χ2n) is 6.64. The number of carbonyl (C=O) groups is 1. The molecular weight excluding hydrogens is 380 g/mol. The molecule has 1 saturated heterocycles. The second kappa shape index (κ2) is 8.56. The lowest BCUT2D eigenvalue weighted by Gasteiger charge is -2.33. The molecule has 1 amide bonds. The number of benzene rings is 1. The molecule has 2 aromatic rings. The zero-order valence-electron chi connectivity index (χ0n) is 15.6. The highest BCUT2D eigenvalue weighted by atomic mass is 32.2. The van der Waals surface area contributed by atoms with Gasteiger partial charge in [-0.25, -0.2) is 8.42 Å². The summed E-state index contributed by atoms with van der Waals surface area (Å²) in [6.07, 6.45) is 1.60. The van der Waals surface area contributed by atoms with Crippen LogP contribution in [-0.2, 0) is 14.8 Å². The number of quaternary nitrogens is 1. The fourth-order valence-electron chi connectivity index (χ4n) is 3.17. The van der Waals surface area contributed by atoms with Gasteiger partial charge in [0.05, 0.1) is 16.7 Å². The molecule has 148 valence electrons. The summed E-state index contributed by atoms with van der Waals surface area (Å²) >= 11 is 0. The number of hydrogen-bond donors (Lipinski definition) is 1. The normalized spacial score (nSPS) is 16.5. The first-order valence-corrected chi connectivity index (χ1v) is 10.5. The first kappa shape index (κ1) is 20.1. The van der Waals surface area contributed by atoms with Gasteiger partial charge in [-0.3, -0.25) is 4.79 Å². The van der Waals surface area contributed by atoms with Crippen LogP contribution in [0, 0.1) is 11.3 Å². The third-order valence-electron chi connectivity index (χ3n) is 4.85. The minimum absolute atomic E-state index is 0.0119. The van der Waals surface area contributed by atoms with Crippen LogP contribution >= 0.6 is 0 Å². The highest BCUT2D eigenvalue weighted by molar-refractivity contribution is 7.89. The molecule has 1 aromatic heterocycles. The van der Waals surface area contributed by atoms with Crippen LogP contribution in [-0.4, -0.2) is 56.3 Å². The standard InChI is InChI=1S/C19H22N4O4S/c1-15(17-6-4-12-27-17)21-14-19(24)22-8-10-23(11-9-22)28(25,26)18-7-3-2-5-16(18)13-20/h2-7,12,15,21H,8-11,14H2,1H3/p+1/t15-/m1/s1. The Hall–Kier alpha value is -2.67. The first-order valence-electron chi connectivity index (χ1n) is 9.07. The first-order chi connectivity index (χ1) is 13.4. The summed E-state index contributed by atoms with van der Waals surface area (Å²) < 4.78 is 32.4. The fourth-order valence-corrected chi connectivity index (χ4v) is 4.74. The predicted octanol–water partition coefficient (Wildman–Crippen LogP) is 0.309. The number of nitrogens with two attached hydrogens (primary N) is 1. The van der Waals surface area contributed by atoms with E-state index in [2.05, 4.69) is 0 Å². The number of nitriles is 1. The average Bonchev–Trinajstić information content (AvgIpc) is 3.27. The van der Waals surface area contributed by atoms with Crippen LogP contribution in [0.3, 0.4) is 0 Å². The van der Waals surface area contributed by atoms with Gasteiger partial charge in [-0.05, 0) is 31.2 Å². The summed E-state index contributed by atoms with van der Waals surface area (Å²) in [5, 5.41) is 11.1. The molecular formula is C19H23N4O4S+. The van der Waals surface area contributed by atoms with Crippen LogP contribution in [0.15, 0.2) is 52.0 Å². The summed E-state index contributed by atoms with van der Waals surface area (Å²) in [5.41, 5.74) is 0.127. The number of amides is 1. The lowest BCUT2D eigenvalue weighted by Crippen LogP contribution is -2.87. The Balaban J connectivity index is 1.56. The van der Waals surface area contributed by atoms with Crippen LogP contribution in [0.5, 0.6) is 0 Å². The van der Waals surface area contributed by atoms with E-state index in [1.165, 1.54) is 16.4 Å². The van der Waals surface area contributed by atoms with Gasteiger partial charge in [0.1, 0.15) is 12.1 Å². The van der Waals surface area contributed by atoms with E-state index in [0.29, 0.717) is 13.1 Å². The van der Waals surface area contributed by atoms with Crippen molar-refractivity contribution in [2.24, 2.45) is 0 Å². The molecule has 1 fully saturated rings. The number of furan rings is 1. The Morgan fingerprint density at radius 2 is 1.93 bits per heavy atom. The molecule has 0 radical (unpaired) electrons. The summed E-state index contributed by atoms with van der Waals surface area (Å²) in [6.45, 7) is 3.31. The van der Waals surface area contributed by atoms with Crippen molar-refractivity contribution in [2.75, 3.05) is 32.7 Å². The molecule has 2 heterocycles. The lowest BCUT2D eigenvalue weighted by atomic mass is 10.2. The largest absolute Gasteiger partial charge is 0.463 e. The van der Waals surface area contributed by atoms with Gasteiger partial charge >= 0.3 is 0 Å². The van der Waals surface area contributed by atoms with Crippen molar-refractivity contribution in [3.8, 4) is 6.07 Å². The molecule has 1 aromatic carbocycles. The monoisotopic (exact) mass is 403 g/mol. The Morgan fingerprint density at radius 3 is 2.57 bits per heavy atom. The zero-order chi connectivity index (χ0) is 20.1. The summed E-state index contributed by atoms with van der Waals surface area (Å²) in [4.78, 5) is 14.1. The maximum atomic E-state index is 12.8. The number of nitrogens with zero attached hydrogens (tertiary/aromatic N) is 3. The van der Waals surface area contributed by atoms with Crippen molar-refractivity contribution in [3.05, 3.63) is 54.0 Å². The van der Waals surface area contributed by atoms with Gasteiger partial charge in [-0.2, -0.15) is 9.57 Å². The fraction of sp³-hybridized carbons (Fsp3) is 0.368. The quantitative estimate of drug-likeness (QED) is 0.746. The highest BCUT2D eigenvalue weighted by Gasteiger charge is 2.32. The van der Waals surface area contributed by atoms with E-state index in [1.54, 1.807) is 23.3 Å². The minimum atomic E-state index is -3.76. The zero-order valence-corrected chi connectivity index (χ0v) is 16.4. The van der Waals surface area contributed by atoms with Crippen LogP contribution in [0.4, 0.5) is 0 Å². The molecule has 0 bridgehead atoms. The maximum Gasteiger partial charge on any atom is 0.277 e. The molecule has 1 aliphatic heterocycles. The molecule has 0 spiro atoms. The van der Waals surface area contributed by atoms with Crippen LogP contribution in [0.25, 0.3) is 0 Å². The molecule has 3 rings (SSSR count). The third kappa shape index (κ3) is 4.25. The number of sulfonamides is 1. The molecule has 8 nitrogen and oxygen atoms in total. The van der Waals surface area contributed by atoms with E-state index >= 15 is 0 Å². The number of rotatable bonds is 6. The molecule has 28 heavy (non-hydrogen) atoms. The van der Waals surface area contributed by atoms with E-state index < -0.39 is 10.0 Å². The van der Waals surface area contributed by atoms with Crippen molar-refractivity contribution in [2.45, 2.75) is 17.9 Å². The predicted molar refractivity (Wildman–Crippen MR) is 100 cm³/mol. The summed E-state index contributed by atoms with van der Waals surface area (Å²) in [5.74, 6) is 0.771. The number of carbonyl (C=O) groups excluding carboxylic acids is 1. The van der Waals surface area contributed by atoms with Crippen molar-refractivity contribution >= 4 is 15.9 Å². The minimum Gasteiger partial charge on any atom is -0.463 e. The van der Waals surface area contributed by atoms with Crippen LogP contribution in [0.2, 0.25) is 0 Å². The van der Waals surface area contributed by atoms with E-state index in [9.17, 15) is 18.5 Å². The van der Waals surface area contributed by atoms with Gasteiger partial charge < -0.3 is 14.6 Å². The summed E-state index contributed by atoms with van der Waals surface area (Å²) in [6, 6.07) is 11.8. The van der Waals surface area contributed by atoms with Crippen molar-refractivity contribution < 1.29 is 22.9 Å². The molecule has 0 saturated carbocycles. The third-order valence-corrected chi connectivity index (χ3v) is 6.81. The van der Waals surface area contributed by atoms with Gasteiger partial charge in [-0.1, -0.05) is 12.1 Å². The van der Waals surface area contributed by atoms with Gasteiger partial charge in [0.25, 0.3) is 5.91 Å². The van der Waals surface area contributed by atoms with E-state index in [0.717, 1.165) is 5.76 Å². The molecule has 0 aliphatic carbocycles. The van der Waals surface area contributed by atoms with Gasteiger partial charge in [-0.15, -0.1) is 0 Å². The Kier molecular flexibility index (Phi) is 6.14. The number of piperazine rings is 1. The van der Waals surface area contributed by atoms with E-state index in [1.807, 2.05) is 30.4 Å². The van der Waals surface area contributed by atoms with Crippen molar-refractivity contribution in [1.82, 2.24) is 9.21 Å². The molecule has 2 N–H and O–H groups in total. The average molecular weight is 403 g/mol. The van der Waals surface area contributed by atoms with E-state index in [4.69, 9.17) is 4.42 Å². The Labute approximate surface area is 164 Å². The van der Waals surface area contributed by atoms with Gasteiger partial charge in [0.15, 0.2) is 12.3 Å². The summed E-state index contributed by atoms with van der Waals surface area (Å²) in [7, 11) is -3.76. The molecule has 9 heteroatoms. The molecule has 1 aliphatic rings. The maximum absolute atomic E-state index is 12.8. The van der Waals surface area contributed by atoms with Crippen molar-refractivity contribution in [3.63, 3.8) is 0 Å². The smallest absolute Gasteiger partial charge is 0.277 e. The number of hydrogen-bond acceptors (Lipinski definition) is 5.